The highest BCUT2D eigenvalue weighted by Crippen LogP contribution is 2.01. The lowest BCUT2D eigenvalue weighted by Gasteiger charge is -1.85. The molecule has 0 saturated heterocycles. The molecule has 0 N–H and O–H groups in total. The van der Waals surface area contributed by atoms with E-state index in [1.807, 2.05) is 0 Å². The van der Waals surface area contributed by atoms with Gasteiger partial charge in [0.05, 0.1) is 10.6 Å². The number of benzene rings is 1. The maximum absolute atomic E-state index is 12.8. The van der Waals surface area contributed by atoms with Crippen molar-refractivity contribution in [3.8, 4) is 0 Å². The van der Waals surface area contributed by atoms with Crippen molar-refractivity contribution in [1.29, 1.82) is 0 Å². The zero-order valence-electron chi connectivity index (χ0n) is 5.84. The monoisotopic (exact) mass is 167 g/mol. The molecule has 4 heteroatoms. The molecule has 0 atom stereocenters. The van der Waals surface area contributed by atoms with E-state index in [1.54, 1.807) is 0 Å². The molecule has 1 aliphatic heterocycles. The number of halogens is 2. The van der Waals surface area contributed by atoms with Crippen LogP contribution in [0.5, 0.6) is 0 Å². The van der Waals surface area contributed by atoms with Crippen molar-refractivity contribution in [1.82, 2.24) is 0 Å². The second-order valence-corrected chi connectivity index (χ2v) is 2.36. The van der Waals surface area contributed by atoms with Crippen LogP contribution in [0.3, 0.4) is 0 Å². The van der Waals surface area contributed by atoms with Gasteiger partial charge in [-0.3, -0.25) is 4.79 Å². The number of hydrogen-bond donors (Lipinski definition) is 0. The number of fused-ring (bicyclic) bond motifs is 1. The van der Waals surface area contributed by atoms with E-state index < -0.39 is 17.6 Å². The van der Waals surface area contributed by atoms with Gasteiger partial charge in [0, 0.05) is 0 Å². The van der Waals surface area contributed by atoms with Crippen molar-refractivity contribution in [2.45, 2.75) is 0 Å². The first-order chi connectivity index (χ1) is 5.70. The molecule has 60 valence electrons. The first-order valence-corrected chi connectivity index (χ1v) is 3.27. The van der Waals surface area contributed by atoms with Crippen LogP contribution in [0.4, 0.5) is 8.78 Å². The molecular weight excluding hydrogens is 164 g/mol. The average Bonchev–Trinajstić information content (AvgIpc) is 2.29. The Morgan fingerprint density at radius 1 is 1.25 bits per heavy atom. The Morgan fingerprint density at radius 3 is 2.67 bits per heavy atom. The zero-order chi connectivity index (χ0) is 8.72. The van der Waals surface area contributed by atoms with E-state index in [4.69, 9.17) is 0 Å². The molecule has 1 aromatic rings. The molecule has 0 fully saturated rings. The van der Waals surface area contributed by atoms with Crippen LogP contribution in [0, 0.1) is 5.82 Å². The van der Waals surface area contributed by atoms with Crippen LogP contribution in [0.15, 0.2) is 23.2 Å². The minimum atomic E-state index is -1.11. The fourth-order valence-electron chi connectivity index (χ4n) is 1.09. The Labute approximate surface area is 65.9 Å². The van der Waals surface area contributed by atoms with Crippen LogP contribution in [0.25, 0.3) is 5.83 Å². The number of amides is 1. The zero-order valence-corrected chi connectivity index (χ0v) is 5.84. The van der Waals surface area contributed by atoms with Gasteiger partial charge in [-0.05, 0) is 12.1 Å². The number of nitrogens with zero attached hydrogens (tertiary/aromatic N) is 1. The van der Waals surface area contributed by atoms with E-state index in [2.05, 4.69) is 4.99 Å². The van der Waals surface area contributed by atoms with E-state index in [-0.39, 0.29) is 10.6 Å². The van der Waals surface area contributed by atoms with Gasteiger partial charge in [-0.15, -0.1) is 0 Å². The highest BCUT2D eigenvalue weighted by molar-refractivity contribution is 6.12. The highest BCUT2D eigenvalue weighted by Gasteiger charge is 2.17. The van der Waals surface area contributed by atoms with Crippen molar-refractivity contribution in [2.75, 3.05) is 0 Å². The predicted octanol–water partition coefficient (Wildman–Crippen LogP) is 0.0632. The van der Waals surface area contributed by atoms with Gasteiger partial charge in [0.1, 0.15) is 5.82 Å². The summed E-state index contributed by atoms with van der Waals surface area (Å²) in [6.07, 6.45) is 0. The van der Waals surface area contributed by atoms with Gasteiger partial charge in [-0.1, -0.05) is 6.07 Å². The van der Waals surface area contributed by atoms with Gasteiger partial charge in [0.15, 0.2) is 0 Å². The quantitative estimate of drug-likeness (QED) is 0.537. The molecule has 0 saturated carbocycles. The first kappa shape index (κ1) is 7.09. The molecule has 2 rings (SSSR count). The number of hydrogen-bond acceptors (Lipinski definition) is 1. The summed E-state index contributed by atoms with van der Waals surface area (Å²) in [4.78, 5) is 13.9. The van der Waals surface area contributed by atoms with Gasteiger partial charge in [-0.25, -0.2) is 9.38 Å². The Hall–Kier alpha value is -1.58. The highest BCUT2D eigenvalue weighted by atomic mass is 19.1. The number of carbonyl (C=O) groups is 1. The van der Waals surface area contributed by atoms with Crippen LogP contribution in [-0.2, 0) is 4.79 Å². The summed E-state index contributed by atoms with van der Waals surface area (Å²) in [7, 11) is 0. The van der Waals surface area contributed by atoms with Crippen LogP contribution < -0.4 is 10.6 Å². The van der Waals surface area contributed by atoms with Gasteiger partial charge < -0.3 is 0 Å². The smallest absolute Gasteiger partial charge is 0.264 e. The molecule has 2 nitrogen and oxygen atoms in total. The lowest BCUT2D eigenvalue weighted by atomic mass is 10.2. The molecule has 0 aliphatic carbocycles. The van der Waals surface area contributed by atoms with Crippen LogP contribution >= 0.6 is 0 Å². The molecule has 0 bridgehead atoms. The van der Waals surface area contributed by atoms with E-state index in [9.17, 15) is 13.6 Å². The van der Waals surface area contributed by atoms with Crippen molar-refractivity contribution in [2.24, 2.45) is 4.99 Å². The van der Waals surface area contributed by atoms with Crippen LogP contribution in [-0.4, -0.2) is 5.91 Å². The minimum Gasteiger partial charge on any atom is -0.264 e. The van der Waals surface area contributed by atoms with Crippen molar-refractivity contribution in [3.63, 3.8) is 0 Å². The number of rotatable bonds is 0. The van der Waals surface area contributed by atoms with Gasteiger partial charge in [0.2, 0.25) is 5.83 Å². The molecule has 1 aliphatic rings. The van der Waals surface area contributed by atoms with Crippen LogP contribution in [0.2, 0.25) is 0 Å². The average molecular weight is 167 g/mol. The van der Waals surface area contributed by atoms with Crippen molar-refractivity contribution >= 4 is 11.7 Å². The lowest BCUT2D eigenvalue weighted by molar-refractivity contribution is -0.113. The predicted molar refractivity (Wildman–Crippen MR) is 36.7 cm³/mol. The molecule has 1 aromatic carbocycles. The summed E-state index contributed by atoms with van der Waals surface area (Å²) in [6.45, 7) is 0. The fraction of sp³-hybridized carbons (Fsp3) is 0. The first-order valence-electron chi connectivity index (χ1n) is 3.27. The van der Waals surface area contributed by atoms with Crippen LogP contribution in [0.1, 0.15) is 0 Å². The standard InChI is InChI=1S/C8H3F2NO/c9-4-2-1-3-5-6(4)7(10)8(12)11-5/h1-3H. The third kappa shape index (κ3) is 0.777. The summed E-state index contributed by atoms with van der Waals surface area (Å²) in [5, 5.41) is -0.250. The maximum atomic E-state index is 12.8. The minimum absolute atomic E-state index is 0.0671. The van der Waals surface area contributed by atoms with Gasteiger partial charge in [0.25, 0.3) is 0 Å². The molecule has 1 heterocycles. The fourth-order valence-corrected chi connectivity index (χ4v) is 1.09. The van der Waals surface area contributed by atoms with Crippen molar-refractivity contribution < 1.29 is 13.6 Å². The van der Waals surface area contributed by atoms with Gasteiger partial charge in [-0.2, -0.15) is 4.39 Å². The lowest BCUT2D eigenvalue weighted by Crippen LogP contribution is -2.25. The largest absolute Gasteiger partial charge is 0.307 e. The Morgan fingerprint density at radius 2 is 2.00 bits per heavy atom. The number of carbonyl (C=O) groups excluding carboxylic acids is 1. The SMILES string of the molecule is O=C1N=c2cccc(F)c2=C1F. The second-order valence-electron chi connectivity index (χ2n) is 2.36. The Kier molecular flexibility index (Phi) is 1.30. The Bertz CT molecular complexity index is 478. The summed E-state index contributed by atoms with van der Waals surface area (Å²) in [5.41, 5.74) is 0. The molecule has 0 spiro atoms. The van der Waals surface area contributed by atoms with Crippen molar-refractivity contribution in [3.05, 3.63) is 34.6 Å². The molecule has 0 unspecified atom stereocenters. The molecule has 0 radical (unpaired) electrons. The second kappa shape index (κ2) is 2.20. The maximum Gasteiger partial charge on any atom is 0.307 e. The normalized spacial score (nSPS) is 14.5. The van der Waals surface area contributed by atoms with E-state index in [0.717, 1.165) is 6.07 Å². The van der Waals surface area contributed by atoms with E-state index in [0.29, 0.717) is 0 Å². The Balaban J connectivity index is 3.04. The summed E-state index contributed by atoms with van der Waals surface area (Å²) >= 11 is 0. The molecule has 1 amide bonds. The summed E-state index contributed by atoms with van der Waals surface area (Å²) in [5.74, 6) is -2.86. The third-order valence-electron chi connectivity index (χ3n) is 1.62. The van der Waals surface area contributed by atoms with E-state index in [1.165, 1.54) is 12.1 Å². The van der Waals surface area contributed by atoms with Gasteiger partial charge >= 0.3 is 5.91 Å². The molecular formula is C8H3F2NO. The topological polar surface area (TPSA) is 29.4 Å². The molecule has 0 aromatic heterocycles. The third-order valence-corrected chi connectivity index (χ3v) is 1.62. The molecule has 12 heavy (non-hydrogen) atoms. The summed E-state index contributed by atoms with van der Waals surface area (Å²) < 4.78 is 25.6. The summed E-state index contributed by atoms with van der Waals surface area (Å²) in [6, 6.07) is 3.86. The van der Waals surface area contributed by atoms with E-state index >= 15 is 0 Å².